The van der Waals surface area contributed by atoms with Crippen molar-refractivity contribution in [3.8, 4) is 0 Å². The molecule has 0 amide bonds. The molecule has 0 unspecified atom stereocenters. The Hall–Kier alpha value is -0.980. The first-order valence-electron chi connectivity index (χ1n) is 7.41. The Labute approximate surface area is 125 Å². The van der Waals surface area contributed by atoms with Gasteiger partial charge in [-0.3, -0.25) is 0 Å². The summed E-state index contributed by atoms with van der Waals surface area (Å²) < 4.78 is 20.7. The van der Waals surface area contributed by atoms with Crippen LogP contribution in [0.2, 0.25) is 0 Å². The van der Waals surface area contributed by atoms with Crippen LogP contribution in [-0.4, -0.2) is 57.0 Å². The van der Waals surface area contributed by atoms with Crippen LogP contribution in [0.15, 0.2) is 30.3 Å². The molecule has 1 aromatic rings. The lowest BCUT2D eigenvalue weighted by Crippen LogP contribution is -2.36. The lowest BCUT2D eigenvalue weighted by atomic mass is 10.2. The Bertz CT molecular complexity index is 362. The average molecular weight is 296 g/mol. The van der Waals surface area contributed by atoms with Gasteiger partial charge >= 0.3 is 0 Å². The standard InChI is InChI=1S/C13H18O3.C3H6O2/c1-2-5-12(6-3-1)9-14-7-4-8-16-13-10-15-11-13;4-3-1-5-2-3/h1-3,5-6,13H,4,7-11H2;3-4H,1-2H2. The first-order chi connectivity index (χ1) is 10.3. The molecule has 0 aromatic heterocycles. The monoisotopic (exact) mass is 296 g/mol. The van der Waals surface area contributed by atoms with Crippen LogP contribution in [0.1, 0.15) is 12.0 Å². The summed E-state index contributed by atoms with van der Waals surface area (Å²) in [6.45, 7) is 4.80. The van der Waals surface area contributed by atoms with Gasteiger partial charge in [0.2, 0.25) is 0 Å². The highest BCUT2D eigenvalue weighted by Gasteiger charge is 2.17. The molecule has 5 nitrogen and oxygen atoms in total. The maximum absolute atomic E-state index is 8.32. The maximum atomic E-state index is 8.32. The van der Waals surface area contributed by atoms with Gasteiger partial charge in [-0.05, 0) is 12.0 Å². The largest absolute Gasteiger partial charge is 0.388 e. The molecular formula is C16H24O5. The fourth-order valence-corrected chi connectivity index (χ4v) is 1.71. The molecule has 0 atom stereocenters. The van der Waals surface area contributed by atoms with E-state index in [1.165, 1.54) is 5.56 Å². The zero-order chi connectivity index (χ0) is 14.8. The molecular weight excluding hydrogens is 272 g/mol. The first-order valence-corrected chi connectivity index (χ1v) is 7.41. The molecule has 0 saturated carbocycles. The minimum Gasteiger partial charge on any atom is -0.388 e. The second kappa shape index (κ2) is 9.87. The molecule has 0 radical (unpaired) electrons. The van der Waals surface area contributed by atoms with E-state index >= 15 is 0 Å². The van der Waals surface area contributed by atoms with Crippen LogP contribution in [0, 0.1) is 0 Å². The van der Waals surface area contributed by atoms with Crippen LogP contribution in [0.4, 0.5) is 0 Å². The van der Waals surface area contributed by atoms with E-state index in [-0.39, 0.29) is 6.10 Å². The van der Waals surface area contributed by atoms with E-state index < -0.39 is 0 Å². The van der Waals surface area contributed by atoms with Crippen molar-refractivity contribution < 1.29 is 24.1 Å². The van der Waals surface area contributed by atoms with Crippen molar-refractivity contribution in [2.24, 2.45) is 0 Å². The molecule has 2 saturated heterocycles. The molecule has 2 fully saturated rings. The van der Waals surface area contributed by atoms with Gasteiger partial charge in [-0.25, -0.2) is 0 Å². The van der Waals surface area contributed by atoms with Gasteiger partial charge in [-0.1, -0.05) is 30.3 Å². The molecule has 2 aliphatic rings. The van der Waals surface area contributed by atoms with Crippen molar-refractivity contribution in [3.05, 3.63) is 35.9 Å². The van der Waals surface area contributed by atoms with Crippen LogP contribution in [0.3, 0.4) is 0 Å². The SMILES string of the molecule is OC1COC1.c1ccc(COCCCOC2COC2)cc1. The smallest absolute Gasteiger partial charge is 0.104 e. The number of hydrogen-bond donors (Lipinski definition) is 1. The number of hydrogen-bond acceptors (Lipinski definition) is 5. The molecule has 0 aliphatic carbocycles. The number of rotatable bonds is 7. The molecule has 3 rings (SSSR count). The lowest BCUT2D eigenvalue weighted by molar-refractivity contribution is -0.131. The Morgan fingerprint density at radius 1 is 1.00 bits per heavy atom. The molecule has 21 heavy (non-hydrogen) atoms. The Morgan fingerprint density at radius 3 is 2.19 bits per heavy atom. The third kappa shape index (κ3) is 7.02. The highest BCUT2D eigenvalue weighted by atomic mass is 16.6. The van der Waals surface area contributed by atoms with Gasteiger partial charge in [0, 0.05) is 13.2 Å². The lowest BCUT2D eigenvalue weighted by Gasteiger charge is -2.25. The van der Waals surface area contributed by atoms with Gasteiger partial charge < -0.3 is 24.1 Å². The molecule has 0 spiro atoms. The van der Waals surface area contributed by atoms with E-state index in [4.69, 9.17) is 19.3 Å². The van der Waals surface area contributed by atoms with Crippen LogP contribution < -0.4 is 0 Å². The number of benzene rings is 1. The number of ether oxygens (including phenoxy) is 4. The summed E-state index contributed by atoms with van der Waals surface area (Å²) in [5.41, 5.74) is 1.22. The van der Waals surface area contributed by atoms with Crippen LogP contribution in [0.25, 0.3) is 0 Å². The second-order valence-corrected chi connectivity index (χ2v) is 5.11. The zero-order valence-corrected chi connectivity index (χ0v) is 12.3. The summed E-state index contributed by atoms with van der Waals surface area (Å²) in [4.78, 5) is 0. The minimum atomic E-state index is -0.157. The van der Waals surface area contributed by atoms with Crippen molar-refractivity contribution in [2.45, 2.75) is 25.2 Å². The van der Waals surface area contributed by atoms with Crippen molar-refractivity contribution in [3.63, 3.8) is 0 Å². The minimum absolute atomic E-state index is 0.157. The van der Waals surface area contributed by atoms with Crippen molar-refractivity contribution in [2.75, 3.05) is 39.6 Å². The Kier molecular flexibility index (Phi) is 7.70. The van der Waals surface area contributed by atoms with Gasteiger partial charge in [-0.15, -0.1) is 0 Å². The van der Waals surface area contributed by atoms with Gasteiger partial charge in [0.15, 0.2) is 0 Å². The van der Waals surface area contributed by atoms with Crippen molar-refractivity contribution in [1.29, 1.82) is 0 Å². The van der Waals surface area contributed by atoms with E-state index in [0.717, 1.165) is 32.8 Å². The molecule has 2 aliphatic heterocycles. The van der Waals surface area contributed by atoms with Crippen LogP contribution in [0.5, 0.6) is 0 Å². The fraction of sp³-hybridized carbons (Fsp3) is 0.625. The first kappa shape index (κ1) is 16.4. The summed E-state index contributed by atoms with van der Waals surface area (Å²) >= 11 is 0. The normalized spacial score (nSPS) is 18.3. The van der Waals surface area contributed by atoms with Crippen molar-refractivity contribution in [1.82, 2.24) is 0 Å². The summed E-state index contributed by atoms with van der Waals surface area (Å²) in [5, 5.41) is 8.32. The van der Waals surface area contributed by atoms with Gasteiger partial charge in [0.25, 0.3) is 0 Å². The van der Waals surface area contributed by atoms with Gasteiger partial charge in [-0.2, -0.15) is 0 Å². The topological polar surface area (TPSA) is 57.2 Å². The quantitative estimate of drug-likeness (QED) is 0.771. The van der Waals surface area contributed by atoms with Crippen molar-refractivity contribution >= 4 is 0 Å². The maximum Gasteiger partial charge on any atom is 0.104 e. The molecule has 5 heteroatoms. The Balaban J connectivity index is 0.000000272. The summed E-state index contributed by atoms with van der Waals surface area (Å²) in [6, 6.07) is 10.2. The van der Waals surface area contributed by atoms with E-state index in [1.807, 2.05) is 18.2 Å². The molecule has 1 N–H and O–H groups in total. The predicted octanol–water partition coefficient (Wildman–Crippen LogP) is 1.39. The summed E-state index contributed by atoms with van der Waals surface area (Å²) in [6.07, 6.45) is 1.12. The van der Waals surface area contributed by atoms with Gasteiger partial charge in [0.05, 0.1) is 33.0 Å². The zero-order valence-electron chi connectivity index (χ0n) is 12.3. The highest BCUT2D eigenvalue weighted by Crippen LogP contribution is 2.06. The second-order valence-electron chi connectivity index (χ2n) is 5.11. The third-order valence-corrected chi connectivity index (χ3v) is 3.13. The molecule has 2 heterocycles. The van der Waals surface area contributed by atoms with E-state index in [1.54, 1.807) is 0 Å². The molecule has 0 bridgehead atoms. The Morgan fingerprint density at radius 2 is 1.67 bits per heavy atom. The number of aliphatic hydroxyl groups is 1. The predicted molar refractivity (Wildman–Crippen MR) is 78.1 cm³/mol. The molecule has 118 valence electrons. The molecule has 1 aromatic carbocycles. The number of aliphatic hydroxyl groups excluding tert-OH is 1. The van der Waals surface area contributed by atoms with Crippen LogP contribution >= 0.6 is 0 Å². The third-order valence-electron chi connectivity index (χ3n) is 3.13. The van der Waals surface area contributed by atoms with E-state index in [2.05, 4.69) is 16.9 Å². The average Bonchev–Trinajstić information content (AvgIpc) is 2.44. The van der Waals surface area contributed by atoms with E-state index in [0.29, 0.717) is 25.9 Å². The van der Waals surface area contributed by atoms with Crippen LogP contribution in [-0.2, 0) is 25.6 Å². The summed E-state index contributed by atoms with van der Waals surface area (Å²) in [7, 11) is 0. The van der Waals surface area contributed by atoms with E-state index in [9.17, 15) is 0 Å². The highest BCUT2D eigenvalue weighted by molar-refractivity contribution is 5.13. The fourth-order valence-electron chi connectivity index (χ4n) is 1.71. The van der Waals surface area contributed by atoms with Gasteiger partial charge in [0.1, 0.15) is 12.2 Å². The summed E-state index contributed by atoms with van der Waals surface area (Å²) in [5.74, 6) is 0.